The largest absolute Gasteiger partial charge is 0.397 e. The minimum Gasteiger partial charge on any atom is -0.397 e. The summed E-state index contributed by atoms with van der Waals surface area (Å²) in [6, 6.07) is 9.00. The maximum Gasteiger partial charge on any atom is 0.270 e. The first-order chi connectivity index (χ1) is 18.0. The van der Waals surface area contributed by atoms with Crippen molar-refractivity contribution in [2.45, 2.75) is 38.8 Å². The summed E-state index contributed by atoms with van der Waals surface area (Å²) in [6.45, 7) is 5.10. The van der Waals surface area contributed by atoms with E-state index in [0.717, 1.165) is 43.2 Å². The first-order valence-electron chi connectivity index (χ1n) is 12.4. The molecule has 0 unspecified atom stereocenters. The molecule has 1 saturated heterocycles. The van der Waals surface area contributed by atoms with Crippen LogP contribution in [0.4, 0.5) is 11.5 Å². The Bertz CT molecular complexity index is 1230. The average molecular weight is 521 g/mol. The highest BCUT2D eigenvalue weighted by atomic mass is 32.1. The van der Waals surface area contributed by atoms with Crippen molar-refractivity contribution in [3.05, 3.63) is 52.8 Å². The lowest BCUT2D eigenvalue weighted by Gasteiger charge is -2.31. The summed E-state index contributed by atoms with van der Waals surface area (Å²) in [4.78, 5) is 29.7. The van der Waals surface area contributed by atoms with Crippen LogP contribution in [-0.2, 0) is 6.54 Å². The fraction of sp³-hybridized carbons (Fsp3) is 0.423. The van der Waals surface area contributed by atoms with Gasteiger partial charge in [0.2, 0.25) is 0 Å². The second-order valence-corrected chi connectivity index (χ2v) is 10.3. The maximum atomic E-state index is 12.8. The summed E-state index contributed by atoms with van der Waals surface area (Å²) < 4.78 is 0. The number of nitrogen functional groups attached to an aromatic ring is 1. The van der Waals surface area contributed by atoms with E-state index in [1.54, 1.807) is 17.5 Å². The second-order valence-electron chi connectivity index (χ2n) is 9.14. The molecule has 1 amide bonds. The Balaban J connectivity index is 1.28. The molecule has 1 aliphatic rings. The van der Waals surface area contributed by atoms with Gasteiger partial charge in [-0.15, -0.1) is 11.3 Å². The number of nitrogens with zero attached hydrogens (tertiary/aromatic N) is 5. The number of pyridine rings is 2. The van der Waals surface area contributed by atoms with Crippen LogP contribution < -0.4 is 16.4 Å². The summed E-state index contributed by atoms with van der Waals surface area (Å²) in [5.41, 5.74) is 7.42. The van der Waals surface area contributed by atoms with Crippen LogP contribution in [0.2, 0.25) is 0 Å². The SMILES string of the molecule is CC[C@@H](CO)Nc1nc(C(=O)NCC2CCN(Cc3cnc(-c4ccccn4)s3)CC2)cc(N)c1C#N. The summed E-state index contributed by atoms with van der Waals surface area (Å²) >= 11 is 1.67. The predicted octanol–water partition coefficient (Wildman–Crippen LogP) is 2.88. The summed E-state index contributed by atoms with van der Waals surface area (Å²) in [5.74, 6) is 0.263. The molecular weight excluding hydrogens is 488 g/mol. The van der Waals surface area contributed by atoms with Gasteiger partial charge in [0.1, 0.15) is 28.2 Å². The number of likely N-dealkylation sites (tertiary alicyclic amines) is 1. The molecule has 1 atom stereocenters. The molecule has 5 N–H and O–H groups in total. The van der Waals surface area contributed by atoms with Gasteiger partial charge in [-0.25, -0.2) is 9.97 Å². The maximum absolute atomic E-state index is 12.8. The first-order valence-corrected chi connectivity index (χ1v) is 13.3. The van der Waals surface area contributed by atoms with E-state index in [4.69, 9.17) is 5.73 Å². The third-order valence-electron chi connectivity index (χ3n) is 6.52. The molecular formula is C26H32N8O2S. The summed E-state index contributed by atoms with van der Waals surface area (Å²) in [5, 5.41) is 25.9. The van der Waals surface area contributed by atoms with Gasteiger partial charge in [0.15, 0.2) is 0 Å². The van der Waals surface area contributed by atoms with Gasteiger partial charge >= 0.3 is 0 Å². The Labute approximate surface area is 220 Å². The normalized spacial score (nSPS) is 15.2. The number of carbonyl (C=O) groups is 1. The zero-order chi connectivity index (χ0) is 26.2. The molecule has 10 nitrogen and oxygen atoms in total. The van der Waals surface area contributed by atoms with Crippen LogP contribution in [0.1, 0.15) is 47.1 Å². The van der Waals surface area contributed by atoms with Crippen LogP contribution in [0.5, 0.6) is 0 Å². The number of nitrogens with two attached hydrogens (primary N) is 1. The van der Waals surface area contributed by atoms with Crippen molar-refractivity contribution in [3.8, 4) is 16.8 Å². The number of hydrogen-bond donors (Lipinski definition) is 4. The van der Waals surface area contributed by atoms with Gasteiger partial charge in [-0.1, -0.05) is 13.0 Å². The lowest BCUT2D eigenvalue weighted by atomic mass is 9.96. The molecule has 37 heavy (non-hydrogen) atoms. The smallest absolute Gasteiger partial charge is 0.270 e. The predicted molar refractivity (Wildman–Crippen MR) is 144 cm³/mol. The molecule has 3 aromatic rings. The summed E-state index contributed by atoms with van der Waals surface area (Å²) in [7, 11) is 0. The van der Waals surface area contributed by atoms with E-state index in [1.165, 1.54) is 10.9 Å². The van der Waals surface area contributed by atoms with E-state index in [0.29, 0.717) is 18.9 Å². The van der Waals surface area contributed by atoms with Gasteiger partial charge in [0.05, 0.1) is 24.0 Å². The van der Waals surface area contributed by atoms with E-state index < -0.39 is 0 Å². The van der Waals surface area contributed by atoms with Gasteiger partial charge in [-0.05, 0) is 56.5 Å². The Morgan fingerprint density at radius 2 is 2.16 bits per heavy atom. The quantitative estimate of drug-likeness (QED) is 0.316. The lowest BCUT2D eigenvalue weighted by molar-refractivity contribution is 0.0930. The van der Waals surface area contributed by atoms with E-state index in [2.05, 4.69) is 30.5 Å². The number of piperidine rings is 1. The molecule has 0 aliphatic carbocycles. The van der Waals surface area contributed by atoms with Gasteiger partial charge in [-0.3, -0.25) is 14.7 Å². The molecule has 11 heteroatoms. The first kappa shape index (κ1) is 26.5. The van der Waals surface area contributed by atoms with Gasteiger partial charge in [0, 0.05) is 30.4 Å². The fourth-order valence-electron chi connectivity index (χ4n) is 4.26. The Morgan fingerprint density at radius 1 is 1.35 bits per heavy atom. The lowest BCUT2D eigenvalue weighted by Crippen LogP contribution is -2.38. The van der Waals surface area contributed by atoms with Crippen molar-refractivity contribution in [2.24, 2.45) is 5.92 Å². The average Bonchev–Trinajstić information content (AvgIpc) is 3.40. The molecule has 1 fully saturated rings. The molecule has 4 heterocycles. The van der Waals surface area contributed by atoms with Gasteiger partial charge in [0.25, 0.3) is 5.91 Å². The van der Waals surface area contributed by atoms with Crippen LogP contribution in [0.15, 0.2) is 36.7 Å². The number of carbonyl (C=O) groups excluding carboxylic acids is 1. The molecule has 0 radical (unpaired) electrons. The fourth-order valence-corrected chi connectivity index (χ4v) is 5.19. The minimum absolute atomic E-state index is 0.119. The summed E-state index contributed by atoms with van der Waals surface area (Å²) in [6.07, 6.45) is 6.31. The molecule has 0 spiro atoms. The zero-order valence-electron chi connectivity index (χ0n) is 20.9. The van der Waals surface area contributed by atoms with Gasteiger partial charge < -0.3 is 21.5 Å². The molecule has 0 bridgehead atoms. The van der Waals surface area contributed by atoms with Crippen molar-refractivity contribution in [3.63, 3.8) is 0 Å². The van der Waals surface area contributed by atoms with Crippen LogP contribution in [0, 0.1) is 17.2 Å². The van der Waals surface area contributed by atoms with Crippen LogP contribution >= 0.6 is 11.3 Å². The van der Waals surface area contributed by atoms with E-state index in [9.17, 15) is 15.2 Å². The zero-order valence-corrected chi connectivity index (χ0v) is 21.7. The number of anilines is 2. The van der Waals surface area contributed by atoms with Crippen molar-refractivity contribution in [2.75, 3.05) is 37.3 Å². The number of aromatic nitrogens is 3. The third kappa shape index (κ3) is 6.80. The number of thiazole rings is 1. The number of aliphatic hydroxyl groups excluding tert-OH is 1. The highest BCUT2D eigenvalue weighted by molar-refractivity contribution is 7.14. The van der Waals surface area contributed by atoms with Gasteiger partial charge in [-0.2, -0.15) is 5.26 Å². The Hall–Kier alpha value is -3.59. The molecule has 4 rings (SSSR count). The molecule has 0 aromatic carbocycles. The van der Waals surface area contributed by atoms with E-state index >= 15 is 0 Å². The second kappa shape index (κ2) is 12.6. The number of hydrogen-bond acceptors (Lipinski definition) is 10. The number of amides is 1. The van der Waals surface area contributed by atoms with Crippen molar-refractivity contribution in [1.82, 2.24) is 25.2 Å². The Kier molecular flexibility index (Phi) is 9.00. The number of aliphatic hydroxyl groups is 1. The van der Waals surface area contributed by atoms with E-state index in [-0.39, 0.29) is 41.3 Å². The molecule has 3 aromatic heterocycles. The van der Waals surface area contributed by atoms with Crippen LogP contribution in [0.3, 0.4) is 0 Å². The van der Waals surface area contributed by atoms with Crippen molar-refractivity contribution in [1.29, 1.82) is 5.26 Å². The van der Waals surface area contributed by atoms with Crippen molar-refractivity contribution < 1.29 is 9.90 Å². The third-order valence-corrected chi connectivity index (χ3v) is 7.53. The van der Waals surface area contributed by atoms with E-state index in [1.807, 2.05) is 37.4 Å². The highest BCUT2D eigenvalue weighted by Crippen LogP contribution is 2.26. The molecule has 0 saturated carbocycles. The molecule has 194 valence electrons. The number of rotatable bonds is 10. The Morgan fingerprint density at radius 3 is 2.84 bits per heavy atom. The monoisotopic (exact) mass is 520 g/mol. The highest BCUT2D eigenvalue weighted by Gasteiger charge is 2.22. The minimum atomic E-state index is -0.328. The van der Waals surface area contributed by atoms with Crippen molar-refractivity contribution >= 4 is 28.7 Å². The number of nitriles is 1. The number of nitrogens with one attached hydrogen (secondary N) is 2. The van der Waals surface area contributed by atoms with Crippen LogP contribution in [-0.4, -0.2) is 63.1 Å². The molecule has 1 aliphatic heterocycles. The standard InChI is InChI=1S/C26H32N8O2S/c1-2-18(16-35)32-24-20(12-27)21(28)11-23(33-24)25(36)30-13-17-6-9-34(10-7-17)15-19-14-31-26(37-19)22-5-3-4-8-29-22/h3-5,8,11,14,17-18,35H,2,6-7,9-10,13,15-16H2,1H3,(H,30,36)(H3,28,32,33)/t18-/m0/s1. The van der Waals surface area contributed by atoms with Crippen LogP contribution in [0.25, 0.3) is 10.7 Å². The topological polar surface area (TPSA) is 153 Å².